The van der Waals surface area contributed by atoms with Crippen LogP contribution in [0.4, 0.5) is 0 Å². The number of pyridine rings is 1. The molecule has 0 radical (unpaired) electrons. The molecule has 3 nitrogen and oxygen atoms in total. The van der Waals surface area contributed by atoms with E-state index in [4.69, 9.17) is 29.0 Å². The molecule has 1 unspecified atom stereocenters. The van der Waals surface area contributed by atoms with Gasteiger partial charge in [0.25, 0.3) is 0 Å². The Balaban J connectivity index is 2.46. The molecule has 0 saturated carbocycles. The first-order valence-corrected chi connectivity index (χ1v) is 7.59. The quantitative estimate of drug-likeness (QED) is 0.563. The molecule has 0 aliphatic heterocycles. The molecule has 0 amide bonds. The van der Waals surface area contributed by atoms with Gasteiger partial charge in [-0.25, -0.2) is 5.43 Å². The molecule has 0 aliphatic rings. The van der Waals surface area contributed by atoms with Crippen LogP contribution in [0.25, 0.3) is 0 Å². The van der Waals surface area contributed by atoms with Gasteiger partial charge in [-0.05, 0) is 55.6 Å². The van der Waals surface area contributed by atoms with Crippen LogP contribution in [0.15, 0.2) is 39.4 Å². The van der Waals surface area contributed by atoms with Crippen molar-refractivity contribution >= 4 is 55.1 Å². The number of rotatable bonds is 3. The lowest BCUT2D eigenvalue weighted by Gasteiger charge is -2.18. The van der Waals surface area contributed by atoms with Crippen molar-refractivity contribution in [3.8, 4) is 0 Å². The summed E-state index contributed by atoms with van der Waals surface area (Å²) in [7, 11) is 0. The minimum atomic E-state index is -0.280. The number of benzene rings is 1. The van der Waals surface area contributed by atoms with E-state index in [1.54, 1.807) is 18.3 Å². The third-order valence-electron chi connectivity index (χ3n) is 2.55. The van der Waals surface area contributed by atoms with Gasteiger partial charge < -0.3 is 0 Å². The SMILES string of the molecule is NNC(c1ccc(Cl)c(Cl)c1)c1ncc(Br)cc1Br. The fourth-order valence-corrected chi connectivity index (χ4v) is 3.19. The Morgan fingerprint density at radius 1 is 1.16 bits per heavy atom. The van der Waals surface area contributed by atoms with Crippen LogP contribution in [0.3, 0.4) is 0 Å². The molecule has 7 heteroatoms. The predicted octanol–water partition coefficient (Wildman–Crippen LogP) is 4.47. The first kappa shape index (κ1) is 15.2. The molecule has 2 aromatic rings. The molecule has 0 fully saturated rings. The summed E-state index contributed by atoms with van der Waals surface area (Å²) in [6, 6.07) is 6.98. The van der Waals surface area contributed by atoms with E-state index in [-0.39, 0.29) is 6.04 Å². The molecular weight excluding hydrogens is 417 g/mol. The Hall–Kier alpha value is -0.170. The van der Waals surface area contributed by atoms with Crippen molar-refractivity contribution in [1.29, 1.82) is 0 Å². The van der Waals surface area contributed by atoms with Crippen LogP contribution in [0.1, 0.15) is 17.3 Å². The second-order valence-corrected chi connectivity index (χ2v) is 6.38. The van der Waals surface area contributed by atoms with Gasteiger partial charge in [-0.2, -0.15) is 0 Å². The molecule has 1 aromatic carbocycles. The summed E-state index contributed by atoms with van der Waals surface area (Å²) in [5.74, 6) is 5.63. The molecular formula is C12H9Br2Cl2N3. The number of hydrogen-bond donors (Lipinski definition) is 2. The van der Waals surface area contributed by atoms with Gasteiger partial charge in [-0.15, -0.1) is 0 Å². The van der Waals surface area contributed by atoms with E-state index in [1.165, 1.54) is 0 Å². The van der Waals surface area contributed by atoms with Gasteiger partial charge in [0.1, 0.15) is 0 Å². The predicted molar refractivity (Wildman–Crippen MR) is 85.3 cm³/mol. The maximum atomic E-state index is 6.03. The molecule has 1 heterocycles. The molecule has 100 valence electrons. The Bertz CT molecular complexity index is 608. The van der Waals surface area contributed by atoms with Crippen molar-refractivity contribution in [2.24, 2.45) is 5.84 Å². The van der Waals surface area contributed by atoms with Crippen molar-refractivity contribution in [2.75, 3.05) is 0 Å². The second kappa shape index (κ2) is 6.52. The third kappa shape index (κ3) is 3.48. The van der Waals surface area contributed by atoms with Crippen LogP contribution < -0.4 is 11.3 Å². The van der Waals surface area contributed by atoms with E-state index < -0.39 is 0 Å². The highest BCUT2D eigenvalue weighted by Crippen LogP contribution is 2.31. The minimum absolute atomic E-state index is 0.280. The van der Waals surface area contributed by atoms with Gasteiger partial charge in [-0.1, -0.05) is 29.3 Å². The molecule has 1 aromatic heterocycles. The van der Waals surface area contributed by atoms with E-state index in [0.29, 0.717) is 10.0 Å². The highest BCUT2D eigenvalue weighted by molar-refractivity contribution is 9.11. The maximum Gasteiger partial charge on any atom is 0.0893 e. The second-order valence-electron chi connectivity index (χ2n) is 3.79. The first-order valence-electron chi connectivity index (χ1n) is 5.25. The molecule has 3 N–H and O–H groups in total. The number of aromatic nitrogens is 1. The summed E-state index contributed by atoms with van der Waals surface area (Å²) in [6.07, 6.45) is 1.71. The minimum Gasteiger partial charge on any atom is -0.271 e. The lowest BCUT2D eigenvalue weighted by Crippen LogP contribution is -2.29. The van der Waals surface area contributed by atoms with E-state index in [0.717, 1.165) is 20.2 Å². The largest absolute Gasteiger partial charge is 0.271 e. The summed E-state index contributed by atoms with van der Waals surface area (Å²) in [4.78, 5) is 4.37. The van der Waals surface area contributed by atoms with Gasteiger partial charge in [0.05, 0.1) is 21.8 Å². The number of nitrogens with one attached hydrogen (secondary N) is 1. The lowest BCUT2D eigenvalue weighted by atomic mass is 10.0. The van der Waals surface area contributed by atoms with Crippen molar-refractivity contribution in [3.63, 3.8) is 0 Å². The first-order chi connectivity index (χ1) is 9.02. The fraction of sp³-hybridized carbons (Fsp3) is 0.0833. The van der Waals surface area contributed by atoms with Crippen LogP contribution in [0, 0.1) is 0 Å². The van der Waals surface area contributed by atoms with Crippen molar-refractivity contribution in [3.05, 3.63) is 60.7 Å². The monoisotopic (exact) mass is 423 g/mol. The molecule has 0 saturated heterocycles. The summed E-state index contributed by atoms with van der Waals surface area (Å²) >= 11 is 18.8. The Morgan fingerprint density at radius 3 is 2.47 bits per heavy atom. The molecule has 2 rings (SSSR count). The van der Waals surface area contributed by atoms with Crippen LogP contribution in [0.5, 0.6) is 0 Å². The number of hydrogen-bond acceptors (Lipinski definition) is 3. The molecule has 1 atom stereocenters. The topological polar surface area (TPSA) is 50.9 Å². The average molecular weight is 426 g/mol. The van der Waals surface area contributed by atoms with E-state index in [1.807, 2.05) is 12.1 Å². The van der Waals surface area contributed by atoms with Crippen molar-refractivity contribution < 1.29 is 0 Å². The highest BCUT2D eigenvalue weighted by atomic mass is 79.9. The molecule has 0 spiro atoms. The van der Waals surface area contributed by atoms with E-state index in [9.17, 15) is 0 Å². The van der Waals surface area contributed by atoms with Crippen LogP contribution in [-0.2, 0) is 0 Å². The van der Waals surface area contributed by atoms with Gasteiger partial charge in [0.15, 0.2) is 0 Å². The normalized spacial score (nSPS) is 12.5. The van der Waals surface area contributed by atoms with Gasteiger partial charge in [0.2, 0.25) is 0 Å². The third-order valence-corrected chi connectivity index (χ3v) is 4.36. The van der Waals surface area contributed by atoms with Crippen molar-refractivity contribution in [2.45, 2.75) is 6.04 Å². The number of hydrazine groups is 1. The zero-order valence-electron chi connectivity index (χ0n) is 9.50. The zero-order valence-corrected chi connectivity index (χ0v) is 14.2. The van der Waals surface area contributed by atoms with Crippen LogP contribution >= 0.6 is 55.1 Å². The Labute approximate surface area is 137 Å². The summed E-state index contributed by atoms with van der Waals surface area (Å²) in [5.41, 5.74) is 4.38. The Morgan fingerprint density at radius 2 is 1.89 bits per heavy atom. The summed E-state index contributed by atoms with van der Waals surface area (Å²) in [5, 5.41) is 0.983. The molecule has 19 heavy (non-hydrogen) atoms. The van der Waals surface area contributed by atoms with E-state index in [2.05, 4.69) is 42.3 Å². The number of nitrogens with two attached hydrogens (primary N) is 1. The fourth-order valence-electron chi connectivity index (χ4n) is 1.66. The highest BCUT2D eigenvalue weighted by Gasteiger charge is 2.18. The van der Waals surface area contributed by atoms with Gasteiger partial charge in [0, 0.05) is 15.1 Å². The standard InChI is InChI=1S/C12H9Br2Cl2N3/c13-7-4-8(14)12(18-5-7)11(19-17)6-1-2-9(15)10(16)3-6/h1-5,11,19H,17H2. The summed E-state index contributed by atoms with van der Waals surface area (Å²) in [6.45, 7) is 0. The average Bonchev–Trinajstić information content (AvgIpc) is 2.37. The van der Waals surface area contributed by atoms with Gasteiger partial charge in [-0.3, -0.25) is 10.8 Å². The summed E-state index contributed by atoms with van der Waals surface area (Å²) < 4.78 is 1.73. The number of nitrogens with zero attached hydrogens (tertiary/aromatic N) is 1. The number of halogens is 4. The van der Waals surface area contributed by atoms with Gasteiger partial charge >= 0.3 is 0 Å². The Kier molecular flexibility index (Phi) is 5.22. The van der Waals surface area contributed by atoms with Crippen LogP contribution in [0.2, 0.25) is 10.0 Å². The van der Waals surface area contributed by atoms with Crippen LogP contribution in [-0.4, -0.2) is 4.98 Å². The molecule has 0 aliphatic carbocycles. The molecule has 0 bridgehead atoms. The van der Waals surface area contributed by atoms with E-state index >= 15 is 0 Å². The van der Waals surface area contributed by atoms with Crippen molar-refractivity contribution in [1.82, 2.24) is 10.4 Å². The maximum absolute atomic E-state index is 6.03. The smallest absolute Gasteiger partial charge is 0.0893 e. The lowest BCUT2D eigenvalue weighted by molar-refractivity contribution is 0.618. The zero-order chi connectivity index (χ0) is 14.0.